The van der Waals surface area contributed by atoms with Crippen LogP contribution < -0.4 is 0 Å². The first kappa shape index (κ1) is 21.2. The van der Waals surface area contributed by atoms with Gasteiger partial charge in [0.15, 0.2) is 4.90 Å². The Kier molecular flexibility index (Phi) is 5.85. The predicted octanol–water partition coefficient (Wildman–Crippen LogP) is 6.06. The molecule has 1 aromatic heterocycles. The fraction of sp³-hybridized carbons (Fsp3) is 0.154. The summed E-state index contributed by atoms with van der Waals surface area (Å²) < 4.78 is 88.6. The van der Waals surface area contributed by atoms with Gasteiger partial charge in [-0.05, 0) is 28.1 Å². The van der Waals surface area contributed by atoms with Crippen molar-refractivity contribution in [3.05, 3.63) is 44.1 Å². The number of rotatable bonds is 2. The van der Waals surface area contributed by atoms with Crippen LogP contribution in [0.15, 0.2) is 27.8 Å². The summed E-state index contributed by atoms with van der Waals surface area (Å²) in [6.07, 6.45) is -4.08. The SMILES string of the molecule is N#Cc1c([S+]([O-])C(F)(F)F)cn(-c2c(Cl)cc(C(F)(F)F)cc2Cl)c1Br. The molecule has 140 valence electrons. The molecule has 0 aliphatic rings. The van der Waals surface area contributed by atoms with E-state index in [4.69, 9.17) is 28.5 Å². The van der Waals surface area contributed by atoms with Gasteiger partial charge in [-0.25, -0.2) is 0 Å². The van der Waals surface area contributed by atoms with Gasteiger partial charge < -0.3 is 9.12 Å². The monoisotopic (exact) mass is 498 g/mol. The van der Waals surface area contributed by atoms with E-state index in [1.165, 1.54) is 6.07 Å². The number of hydrogen-bond acceptors (Lipinski definition) is 2. The number of benzene rings is 1. The first-order chi connectivity index (χ1) is 11.8. The number of halogens is 9. The third-order valence-electron chi connectivity index (χ3n) is 3.02. The van der Waals surface area contributed by atoms with Gasteiger partial charge in [0, 0.05) is 0 Å². The standard InChI is InChI=1S/C13H3BrCl2F6N2OS/c14-11-6(3-23)9(26(25)13(20,21)22)4-24(11)10-7(15)1-5(2-8(10)16)12(17,18)19/h1-2,4H. The maximum absolute atomic E-state index is 12.8. The second-order valence-electron chi connectivity index (χ2n) is 4.64. The summed E-state index contributed by atoms with van der Waals surface area (Å²) in [6, 6.07) is 2.51. The largest absolute Gasteiger partial charge is 0.604 e. The van der Waals surface area contributed by atoms with E-state index in [-0.39, 0.29) is 10.3 Å². The predicted molar refractivity (Wildman–Crippen MR) is 85.7 cm³/mol. The summed E-state index contributed by atoms with van der Waals surface area (Å²) >= 11 is 10.9. The average molecular weight is 500 g/mol. The molecule has 0 saturated carbocycles. The number of aromatic nitrogens is 1. The lowest BCUT2D eigenvalue weighted by Crippen LogP contribution is -2.23. The van der Waals surface area contributed by atoms with Crippen molar-refractivity contribution in [2.75, 3.05) is 0 Å². The van der Waals surface area contributed by atoms with E-state index < -0.39 is 48.9 Å². The molecular formula is C13H3BrCl2F6N2OS. The Labute approximate surface area is 163 Å². The molecule has 26 heavy (non-hydrogen) atoms. The molecule has 1 atom stereocenters. The molecule has 3 nitrogen and oxygen atoms in total. The quantitative estimate of drug-likeness (QED) is 0.372. The van der Waals surface area contributed by atoms with Gasteiger partial charge in [-0.3, -0.25) is 0 Å². The Balaban J connectivity index is 2.72. The maximum atomic E-state index is 12.8. The number of alkyl halides is 6. The molecular weight excluding hydrogens is 497 g/mol. The second kappa shape index (κ2) is 7.16. The molecule has 0 aliphatic carbocycles. The summed E-state index contributed by atoms with van der Waals surface area (Å²) in [5, 5.41) is 7.99. The van der Waals surface area contributed by atoms with Gasteiger partial charge in [0.2, 0.25) is 0 Å². The topological polar surface area (TPSA) is 51.8 Å². The van der Waals surface area contributed by atoms with Crippen LogP contribution in [0.3, 0.4) is 0 Å². The first-order valence-electron chi connectivity index (χ1n) is 6.15. The van der Waals surface area contributed by atoms with E-state index >= 15 is 0 Å². The summed E-state index contributed by atoms with van der Waals surface area (Å²) in [4.78, 5) is -0.890. The molecule has 2 aromatic rings. The van der Waals surface area contributed by atoms with Crippen LogP contribution in [-0.2, 0) is 17.4 Å². The van der Waals surface area contributed by atoms with Crippen molar-refractivity contribution < 1.29 is 30.9 Å². The molecule has 1 unspecified atom stereocenters. The highest BCUT2D eigenvalue weighted by atomic mass is 79.9. The zero-order valence-corrected chi connectivity index (χ0v) is 15.8. The van der Waals surface area contributed by atoms with E-state index in [9.17, 15) is 30.9 Å². The second-order valence-corrected chi connectivity index (χ2v) is 7.65. The minimum Gasteiger partial charge on any atom is -0.604 e. The highest BCUT2D eigenvalue weighted by Gasteiger charge is 2.48. The lowest BCUT2D eigenvalue weighted by atomic mass is 10.2. The smallest absolute Gasteiger partial charge is 0.578 e. The van der Waals surface area contributed by atoms with Crippen molar-refractivity contribution in [2.45, 2.75) is 16.6 Å². The highest BCUT2D eigenvalue weighted by Crippen LogP contribution is 2.42. The lowest BCUT2D eigenvalue weighted by Gasteiger charge is -2.14. The van der Waals surface area contributed by atoms with Crippen LogP contribution in [0.25, 0.3) is 5.69 Å². The van der Waals surface area contributed by atoms with Gasteiger partial charge in [-0.1, -0.05) is 23.2 Å². The molecule has 0 radical (unpaired) electrons. The molecule has 0 spiro atoms. The molecule has 0 N–H and O–H groups in total. The van der Waals surface area contributed by atoms with Crippen molar-refractivity contribution in [1.82, 2.24) is 4.57 Å². The third-order valence-corrected chi connectivity index (χ3v) is 5.50. The Morgan fingerprint density at radius 2 is 1.62 bits per heavy atom. The Hall–Kier alpha value is -1.06. The van der Waals surface area contributed by atoms with Crippen LogP contribution >= 0.6 is 39.1 Å². The molecule has 2 rings (SSSR count). The average Bonchev–Trinajstić information content (AvgIpc) is 2.80. The summed E-state index contributed by atoms with van der Waals surface area (Å²) in [5.74, 6) is 0. The van der Waals surface area contributed by atoms with Crippen LogP contribution in [0, 0.1) is 11.3 Å². The van der Waals surface area contributed by atoms with Crippen LogP contribution in [0.4, 0.5) is 26.3 Å². The summed E-state index contributed by atoms with van der Waals surface area (Å²) in [7, 11) is 0. The van der Waals surface area contributed by atoms with Crippen molar-refractivity contribution >= 4 is 50.3 Å². The van der Waals surface area contributed by atoms with Crippen molar-refractivity contribution in [3.63, 3.8) is 0 Å². The maximum Gasteiger partial charge on any atom is 0.578 e. The van der Waals surface area contributed by atoms with Crippen LogP contribution in [0.2, 0.25) is 10.0 Å². The van der Waals surface area contributed by atoms with E-state index in [0.717, 1.165) is 4.57 Å². The van der Waals surface area contributed by atoms with Gasteiger partial charge in [0.1, 0.15) is 27.4 Å². The number of nitrogens with zero attached hydrogens (tertiary/aromatic N) is 2. The zero-order valence-electron chi connectivity index (χ0n) is 11.8. The fourth-order valence-corrected chi connectivity index (χ4v) is 4.11. The van der Waals surface area contributed by atoms with Gasteiger partial charge in [0.25, 0.3) is 0 Å². The molecule has 0 bridgehead atoms. The lowest BCUT2D eigenvalue weighted by molar-refractivity contribution is -0.137. The minimum atomic E-state index is -5.15. The summed E-state index contributed by atoms with van der Waals surface area (Å²) in [5.41, 5.74) is -7.24. The zero-order chi connectivity index (χ0) is 20.0. The Morgan fingerprint density at radius 3 is 2.00 bits per heavy atom. The van der Waals surface area contributed by atoms with Crippen LogP contribution in [0.1, 0.15) is 11.1 Å². The van der Waals surface area contributed by atoms with Crippen LogP contribution in [0.5, 0.6) is 0 Å². The normalized spacial score (nSPS) is 13.6. The summed E-state index contributed by atoms with van der Waals surface area (Å²) in [6.45, 7) is 0. The van der Waals surface area contributed by atoms with E-state index in [1.807, 2.05) is 0 Å². The van der Waals surface area contributed by atoms with Crippen molar-refractivity contribution in [3.8, 4) is 11.8 Å². The third kappa shape index (κ3) is 3.94. The molecule has 1 aromatic carbocycles. The molecule has 0 fully saturated rings. The first-order valence-corrected chi connectivity index (χ1v) is 8.85. The van der Waals surface area contributed by atoms with Crippen LogP contribution in [-0.4, -0.2) is 14.6 Å². The Morgan fingerprint density at radius 1 is 1.12 bits per heavy atom. The highest BCUT2D eigenvalue weighted by molar-refractivity contribution is 9.10. The Bertz CT molecular complexity index is 883. The minimum absolute atomic E-state index is 0.295. The van der Waals surface area contributed by atoms with Gasteiger partial charge in [0.05, 0.1) is 27.5 Å². The number of nitriles is 1. The molecule has 0 saturated heterocycles. The van der Waals surface area contributed by atoms with Gasteiger partial charge >= 0.3 is 11.7 Å². The van der Waals surface area contributed by atoms with Crippen molar-refractivity contribution in [2.24, 2.45) is 0 Å². The van der Waals surface area contributed by atoms with E-state index in [1.54, 1.807) is 0 Å². The van der Waals surface area contributed by atoms with Gasteiger partial charge in [-0.15, -0.1) is 13.2 Å². The van der Waals surface area contributed by atoms with Gasteiger partial charge in [-0.2, -0.15) is 18.4 Å². The fourth-order valence-electron chi connectivity index (χ4n) is 1.95. The van der Waals surface area contributed by atoms with E-state index in [0.29, 0.717) is 18.3 Å². The molecule has 0 amide bonds. The van der Waals surface area contributed by atoms with E-state index in [2.05, 4.69) is 15.9 Å². The molecule has 13 heteroatoms. The molecule has 1 heterocycles. The molecule has 0 aliphatic heterocycles. The number of hydrogen-bond donors (Lipinski definition) is 0. The van der Waals surface area contributed by atoms with Crippen molar-refractivity contribution in [1.29, 1.82) is 5.26 Å².